The molecule has 0 saturated carbocycles. The predicted octanol–water partition coefficient (Wildman–Crippen LogP) is 7.14. The molecule has 1 atom stereocenters. The molecule has 0 heterocycles. The molecule has 3 heteroatoms. The molecular weight excluding hydrogens is 336 g/mol. The molecule has 3 nitrogen and oxygen atoms in total. The number of carboxylic acid groups (broad SMARTS) is 1. The summed E-state index contributed by atoms with van der Waals surface area (Å²) < 4.78 is 5.16. The minimum absolute atomic E-state index is 0.471. The first-order valence-electron chi connectivity index (χ1n) is 10.4. The smallest absolute Gasteiger partial charge is 0.344 e. The first-order valence-corrected chi connectivity index (χ1v) is 10.4. The van der Waals surface area contributed by atoms with E-state index < -0.39 is 12.1 Å². The highest BCUT2D eigenvalue weighted by atomic mass is 16.5. The third-order valence-corrected chi connectivity index (χ3v) is 3.92. The van der Waals surface area contributed by atoms with Crippen molar-refractivity contribution in [1.82, 2.24) is 0 Å². The fourth-order valence-electron chi connectivity index (χ4n) is 2.33. The van der Waals surface area contributed by atoms with Crippen molar-refractivity contribution in [2.45, 2.75) is 84.2 Å². The zero-order valence-corrected chi connectivity index (χ0v) is 17.2. The van der Waals surface area contributed by atoms with Gasteiger partial charge in [-0.15, -0.1) is 0 Å². The molecule has 0 fully saturated rings. The van der Waals surface area contributed by atoms with Gasteiger partial charge >= 0.3 is 5.97 Å². The summed E-state index contributed by atoms with van der Waals surface area (Å²) in [4.78, 5) is 10.8. The molecule has 1 N–H and O–H groups in total. The van der Waals surface area contributed by atoms with E-state index in [1.54, 1.807) is 6.92 Å². The lowest BCUT2D eigenvalue weighted by Crippen LogP contribution is -2.20. The molecule has 1 unspecified atom stereocenters. The maximum atomic E-state index is 10.8. The highest BCUT2D eigenvalue weighted by Gasteiger charge is 2.13. The molecule has 0 aromatic heterocycles. The number of carboxylic acids is 1. The third kappa shape index (κ3) is 18.6. The van der Waals surface area contributed by atoms with Crippen LogP contribution in [-0.4, -0.2) is 17.2 Å². The van der Waals surface area contributed by atoms with Crippen LogP contribution in [0.2, 0.25) is 0 Å². The van der Waals surface area contributed by atoms with Crippen LogP contribution in [0.1, 0.15) is 78.1 Å². The van der Waals surface area contributed by atoms with Gasteiger partial charge in [0.1, 0.15) is 0 Å². The average molecular weight is 375 g/mol. The lowest BCUT2D eigenvalue weighted by molar-refractivity contribution is -0.147. The van der Waals surface area contributed by atoms with E-state index in [0.29, 0.717) is 6.42 Å². The Morgan fingerprint density at radius 3 is 1.81 bits per heavy atom. The first-order chi connectivity index (χ1) is 13.2. The monoisotopic (exact) mass is 374 g/mol. The Morgan fingerprint density at radius 1 is 0.778 bits per heavy atom. The molecule has 0 spiro atoms. The summed E-state index contributed by atoms with van der Waals surface area (Å²) >= 11 is 0. The van der Waals surface area contributed by atoms with Gasteiger partial charge in [-0.2, -0.15) is 0 Å². The highest BCUT2D eigenvalue weighted by Crippen LogP contribution is 2.04. The molecular formula is C24H38O3. The first kappa shape index (κ1) is 25.0. The van der Waals surface area contributed by atoms with Gasteiger partial charge in [-0.3, -0.25) is 0 Å². The molecule has 0 aliphatic carbocycles. The molecule has 0 saturated heterocycles. The van der Waals surface area contributed by atoms with Crippen molar-refractivity contribution in [3.63, 3.8) is 0 Å². The summed E-state index contributed by atoms with van der Waals surface area (Å²) in [5.41, 5.74) is 0. The number of unbranched alkanes of at least 4 members (excludes halogenated alkanes) is 4. The zero-order valence-electron chi connectivity index (χ0n) is 17.2. The fourth-order valence-corrected chi connectivity index (χ4v) is 2.33. The van der Waals surface area contributed by atoms with E-state index in [1.807, 2.05) is 6.08 Å². The molecule has 0 bridgehead atoms. The Morgan fingerprint density at radius 2 is 1.30 bits per heavy atom. The Hall–Kier alpha value is -2.03. The largest absolute Gasteiger partial charge is 0.487 e. The van der Waals surface area contributed by atoms with Gasteiger partial charge in [0.2, 0.25) is 0 Å². The van der Waals surface area contributed by atoms with Gasteiger partial charge in [0.25, 0.3) is 0 Å². The van der Waals surface area contributed by atoms with Crippen LogP contribution in [0.3, 0.4) is 0 Å². The second-order valence-corrected chi connectivity index (χ2v) is 6.37. The quantitative estimate of drug-likeness (QED) is 0.167. The molecule has 27 heavy (non-hydrogen) atoms. The topological polar surface area (TPSA) is 46.5 Å². The number of aliphatic carboxylic acids is 1. The summed E-state index contributed by atoms with van der Waals surface area (Å²) in [6, 6.07) is 0. The van der Waals surface area contributed by atoms with E-state index in [2.05, 4.69) is 55.5 Å². The van der Waals surface area contributed by atoms with Crippen molar-refractivity contribution < 1.29 is 14.6 Å². The van der Waals surface area contributed by atoms with Gasteiger partial charge in [-0.25, -0.2) is 4.79 Å². The van der Waals surface area contributed by atoms with Crippen molar-refractivity contribution in [2.75, 3.05) is 0 Å². The minimum Gasteiger partial charge on any atom is -0.487 e. The number of hydrogen-bond acceptors (Lipinski definition) is 2. The van der Waals surface area contributed by atoms with Crippen LogP contribution in [0.25, 0.3) is 0 Å². The van der Waals surface area contributed by atoms with E-state index in [1.165, 1.54) is 25.5 Å². The Bertz CT molecular complexity index is 484. The van der Waals surface area contributed by atoms with Gasteiger partial charge in [0.15, 0.2) is 6.10 Å². The van der Waals surface area contributed by atoms with Gasteiger partial charge in [-0.05, 0) is 70.3 Å². The molecule has 0 aromatic carbocycles. The SMILES string of the molecule is CC/C=C\C/C=C\CCCC/C=C\C/C=C\CCC=COC(CC)C(=O)O. The number of carbonyl (C=O) groups is 1. The van der Waals surface area contributed by atoms with Crippen LogP contribution in [0.5, 0.6) is 0 Å². The van der Waals surface area contributed by atoms with Crippen molar-refractivity contribution in [3.05, 3.63) is 60.9 Å². The van der Waals surface area contributed by atoms with Crippen molar-refractivity contribution >= 4 is 5.97 Å². The second kappa shape index (κ2) is 20.3. The van der Waals surface area contributed by atoms with Gasteiger partial charge < -0.3 is 9.84 Å². The third-order valence-electron chi connectivity index (χ3n) is 3.92. The molecule has 0 amide bonds. The number of allylic oxidation sites excluding steroid dienone is 9. The van der Waals surface area contributed by atoms with Crippen LogP contribution in [-0.2, 0) is 9.53 Å². The van der Waals surface area contributed by atoms with E-state index in [0.717, 1.165) is 38.5 Å². The molecule has 0 radical (unpaired) electrons. The van der Waals surface area contributed by atoms with Gasteiger partial charge in [-0.1, -0.05) is 62.5 Å². The van der Waals surface area contributed by atoms with E-state index >= 15 is 0 Å². The van der Waals surface area contributed by atoms with Crippen LogP contribution in [0.4, 0.5) is 0 Å². The predicted molar refractivity (Wildman–Crippen MR) is 116 cm³/mol. The Balaban J connectivity index is 3.50. The molecule has 0 aliphatic rings. The van der Waals surface area contributed by atoms with Crippen LogP contribution in [0.15, 0.2) is 60.9 Å². The summed E-state index contributed by atoms with van der Waals surface area (Å²) in [7, 11) is 0. The molecule has 0 rings (SSSR count). The van der Waals surface area contributed by atoms with Crippen LogP contribution in [0, 0.1) is 0 Å². The number of ether oxygens (including phenoxy) is 1. The molecule has 0 aromatic rings. The van der Waals surface area contributed by atoms with E-state index in [-0.39, 0.29) is 0 Å². The summed E-state index contributed by atoms with van der Waals surface area (Å²) in [5, 5.41) is 8.84. The average Bonchev–Trinajstić information content (AvgIpc) is 2.66. The number of hydrogen-bond donors (Lipinski definition) is 1. The van der Waals surface area contributed by atoms with Crippen LogP contribution >= 0.6 is 0 Å². The van der Waals surface area contributed by atoms with Crippen molar-refractivity contribution in [3.8, 4) is 0 Å². The lowest BCUT2D eigenvalue weighted by Gasteiger charge is -2.08. The van der Waals surface area contributed by atoms with Crippen molar-refractivity contribution in [2.24, 2.45) is 0 Å². The highest BCUT2D eigenvalue weighted by molar-refractivity contribution is 5.72. The minimum atomic E-state index is -0.912. The maximum Gasteiger partial charge on any atom is 0.344 e. The lowest BCUT2D eigenvalue weighted by atomic mass is 10.1. The summed E-state index contributed by atoms with van der Waals surface area (Å²) in [5.74, 6) is -0.912. The Labute approximate surface area is 166 Å². The van der Waals surface area contributed by atoms with Crippen LogP contribution < -0.4 is 0 Å². The van der Waals surface area contributed by atoms with Gasteiger partial charge in [0.05, 0.1) is 6.26 Å². The van der Waals surface area contributed by atoms with Crippen molar-refractivity contribution in [1.29, 1.82) is 0 Å². The van der Waals surface area contributed by atoms with Gasteiger partial charge in [0, 0.05) is 0 Å². The van der Waals surface area contributed by atoms with E-state index in [4.69, 9.17) is 9.84 Å². The fraction of sp³-hybridized carbons (Fsp3) is 0.542. The standard InChI is InChI=1S/C24H38O3/c1-3-5-6-7-8-9-10-11-12-13-14-15-16-17-18-19-20-21-22-27-23(4-2)24(25)26/h5-6,8-9,14-15,17-18,21-23H,3-4,7,10-13,16,19-20H2,1-2H3,(H,25,26)/b6-5-,9-8-,15-14-,18-17-,22-21?. The summed E-state index contributed by atoms with van der Waals surface area (Å²) in [6.45, 7) is 3.96. The zero-order chi connectivity index (χ0) is 20.0. The number of rotatable bonds is 17. The maximum absolute atomic E-state index is 10.8. The Kier molecular flexibility index (Phi) is 18.8. The summed E-state index contributed by atoms with van der Waals surface area (Å²) in [6.07, 6.45) is 30.7. The normalized spacial score (nSPS) is 13.7. The molecule has 152 valence electrons. The molecule has 0 aliphatic heterocycles. The second-order valence-electron chi connectivity index (χ2n) is 6.37. The van der Waals surface area contributed by atoms with E-state index in [9.17, 15) is 4.79 Å².